The molecule has 0 fully saturated rings. The van der Waals surface area contributed by atoms with E-state index in [0.717, 1.165) is 4.90 Å². The van der Waals surface area contributed by atoms with E-state index in [0.29, 0.717) is 22.6 Å². The molecule has 0 saturated carbocycles. The van der Waals surface area contributed by atoms with Gasteiger partial charge in [0.1, 0.15) is 23.1 Å². The smallest absolute Gasteiger partial charge is 0.302 e. The Morgan fingerprint density at radius 2 is 1.93 bits per heavy atom. The molecule has 1 aromatic carbocycles. The highest BCUT2D eigenvalue weighted by Crippen LogP contribution is 2.31. The summed E-state index contributed by atoms with van der Waals surface area (Å²) in [6.45, 7) is 2.94. The van der Waals surface area contributed by atoms with Crippen LogP contribution in [-0.4, -0.2) is 50.1 Å². The van der Waals surface area contributed by atoms with Crippen molar-refractivity contribution in [3.8, 4) is 17.6 Å². The van der Waals surface area contributed by atoms with Crippen molar-refractivity contribution >= 4 is 23.9 Å². The first-order valence-corrected chi connectivity index (χ1v) is 8.88. The minimum atomic E-state index is -0.656. The van der Waals surface area contributed by atoms with Gasteiger partial charge in [-0.2, -0.15) is 5.26 Å². The van der Waals surface area contributed by atoms with Crippen LogP contribution in [0.15, 0.2) is 34.9 Å². The molecule has 2 amide bonds. The van der Waals surface area contributed by atoms with E-state index in [1.54, 1.807) is 31.2 Å². The molecule has 0 spiro atoms. The molecule has 0 bridgehead atoms. The molecule has 1 aliphatic heterocycles. The molecular weight excluding hydrogens is 376 g/mol. The lowest BCUT2D eigenvalue weighted by Gasteiger charge is -2.27. The summed E-state index contributed by atoms with van der Waals surface area (Å²) in [5.41, 5.74) is 1.02. The Hall–Kier alpha value is -3.60. The SMILES string of the molecule is COc1ccc(/C=C2/C(=O)N(CCCOC(C)=O)C(=O)C(C#N)=C2C)c(OC)c1. The summed E-state index contributed by atoms with van der Waals surface area (Å²) in [7, 11) is 3.02. The van der Waals surface area contributed by atoms with Crippen molar-refractivity contribution < 1.29 is 28.6 Å². The molecular formula is C21H22N2O6. The number of carbonyl (C=O) groups is 3. The van der Waals surface area contributed by atoms with Crippen molar-refractivity contribution in [1.29, 1.82) is 5.26 Å². The number of ether oxygens (including phenoxy) is 3. The van der Waals surface area contributed by atoms with E-state index in [1.807, 2.05) is 6.07 Å². The molecule has 0 aliphatic carbocycles. The van der Waals surface area contributed by atoms with E-state index in [9.17, 15) is 19.6 Å². The summed E-state index contributed by atoms with van der Waals surface area (Å²) < 4.78 is 15.4. The normalized spacial score (nSPS) is 15.4. The number of methoxy groups -OCH3 is 2. The lowest BCUT2D eigenvalue weighted by atomic mass is 9.93. The van der Waals surface area contributed by atoms with Gasteiger partial charge in [0.2, 0.25) is 0 Å². The van der Waals surface area contributed by atoms with Crippen molar-refractivity contribution in [3.05, 3.63) is 40.5 Å². The summed E-state index contributed by atoms with van der Waals surface area (Å²) in [5, 5.41) is 9.43. The van der Waals surface area contributed by atoms with Gasteiger partial charge in [-0.1, -0.05) is 0 Å². The van der Waals surface area contributed by atoms with Crippen LogP contribution < -0.4 is 9.47 Å². The van der Waals surface area contributed by atoms with Crippen LogP contribution >= 0.6 is 0 Å². The van der Waals surface area contributed by atoms with Gasteiger partial charge >= 0.3 is 5.97 Å². The van der Waals surface area contributed by atoms with E-state index in [1.165, 1.54) is 21.1 Å². The molecule has 0 aromatic heterocycles. The van der Waals surface area contributed by atoms with Gasteiger partial charge < -0.3 is 14.2 Å². The number of rotatable bonds is 7. The molecule has 0 saturated heterocycles. The Morgan fingerprint density at radius 1 is 1.21 bits per heavy atom. The minimum absolute atomic E-state index is 0.0283. The van der Waals surface area contributed by atoms with Crippen molar-refractivity contribution in [2.75, 3.05) is 27.4 Å². The Labute approximate surface area is 168 Å². The predicted octanol–water partition coefficient (Wildman–Crippen LogP) is 2.25. The molecule has 152 valence electrons. The number of nitriles is 1. The minimum Gasteiger partial charge on any atom is -0.497 e. The number of hydrogen-bond acceptors (Lipinski definition) is 7. The summed E-state index contributed by atoms with van der Waals surface area (Å²) in [6, 6.07) is 6.99. The third-order valence-corrected chi connectivity index (χ3v) is 4.40. The van der Waals surface area contributed by atoms with Crippen LogP contribution in [0.4, 0.5) is 0 Å². The van der Waals surface area contributed by atoms with Crippen molar-refractivity contribution in [2.24, 2.45) is 0 Å². The largest absolute Gasteiger partial charge is 0.497 e. The van der Waals surface area contributed by atoms with Crippen LogP contribution in [0.25, 0.3) is 6.08 Å². The maximum atomic E-state index is 13.0. The van der Waals surface area contributed by atoms with Crippen molar-refractivity contribution in [2.45, 2.75) is 20.3 Å². The second kappa shape index (κ2) is 9.55. The Balaban J connectivity index is 2.42. The number of imide groups is 1. The highest BCUT2D eigenvalue weighted by atomic mass is 16.5. The Bertz CT molecular complexity index is 939. The Kier molecular flexibility index (Phi) is 7.15. The lowest BCUT2D eigenvalue weighted by molar-refractivity contribution is -0.141. The number of nitrogens with zero attached hydrogens (tertiary/aromatic N) is 2. The third-order valence-electron chi connectivity index (χ3n) is 4.40. The zero-order valence-electron chi connectivity index (χ0n) is 16.8. The molecule has 1 heterocycles. The van der Waals surface area contributed by atoms with Gasteiger partial charge in [-0.3, -0.25) is 19.3 Å². The molecule has 8 nitrogen and oxygen atoms in total. The fraction of sp³-hybridized carbons (Fsp3) is 0.333. The molecule has 29 heavy (non-hydrogen) atoms. The van der Waals surface area contributed by atoms with Gasteiger partial charge in [0.15, 0.2) is 0 Å². The number of carbonyl (C=O) groups excluding carboxylic acids is 3. The van der Waals surface area contributed by atoms with Crippen LogP contribution in [0.2, 0.25) is 0 Å². The highest BCUT2D eigenvalue weighted by Gasteiger charge is 2.35. The fourth-order valence-corrected chi connectivity index (χ4v) is 2.86. The van der Waals surface area contributed by atoms with Gasteiger partial charge in [-0.15, -0.1) is 0 Å². The average molecular weight is 398 g/mol. The summed E-state index contributed by atoms with van der Waals surface area (Å²) in [6.07, 6.45) is 1.85. The number of amides is 2. The molecule has 8 heteroatoms. The van der Waals surface area contributed by atoms with Crippen LogP contribution in [-0.2, 0) is 19.1 Å². The van der Waals surface area contributed by atoms with Gasteiger partial charge in [0.05, 0.1) is 20.8 Å². The monoisotopic (exact) mass is 398 g/mol. The first kappa shape index (κ1) is 21.7. The Morgan fingerprint density at radius 3 is 2.52 bits per heavy atom. The van der Waals surface area contributed by atoms with Crippen LogP contribution in [0.5, 0.6) is 11.5 Å². The van der Waals surface area contributed by atoms with Gasteiger partial charge in [-0.05, 0) is 37.1 Å². The summed E-state index contributed by atoms with van der Waals surface area (Å²) >= 11 is 0. The quantitative estimate of drug-likeness (QED) is 0.300. The van der Waals surface area contributed by atoms with Crippen LogP contribution in [0.3, 0.4) is 0 Å². The van der Waals surface area contributed by atoms with Gasteiger partial charge in [-0.25, -0.2) is 0 Å². The maximum Gasteiger partial charge on any atom is 0.302 e. The van der Waals surface area contributed by atoms with Gasteiger partial charge in [0, 0.05) is 30.7 Å². The summed E-state index contributed by atoms with van der Waals surface area (Å²) in [5.74, 6) is -0.550. The fourth-order valence-electron chi connectivity index (χ4n) is 2.86. The van der Waals surface area contributed by atoms with E-state index in [4.69, 9.17) is 14.2 Å². The molecule has 1 aromatic rings. The first-order chi connectivity index (χ1) is 13.8. The van der Waals surface area contributed by atoms with E-state index >= 15 is 0 Å². The molecule has 2 rings (SSSR count). The number of esters is 1. The number of benzene rings is 1. The standard InChI is InChI=1S/C21H22N2O6/c1-13-17(10-15-6-7-16(27-3)11-19(15)28-4)20(25)23(21(26)18(13)12-22)8-5-9-29-14(2)24/h6-7,10-11H,5,8-9H2,1-4H3/b17-10+. The molecule has 0 N–H and O–H groups in total. The molecule has 0 atom stereocenters. The van der Waals surface area contributed by atoms with E-state index < -0.39 is 17.8 Å². The second-order valence-electron chi connectivity index (χ2n) is 6.23. The van der Waals surface area contributed by atoms with Crippen molar-refractivity contribution in [1.82, 2.24) is 4.90 Å². The third kappa shape index (κ3) is 4.82. The van der Waals surface area contributed by atoms with Crippen LogP contribution in [0, 0.1) is 11.3 Å². The van der Waals surface area contributed by atoms with E-state index in [-0.39, 0.29) is 30.7 Å². The summed E-state index contributed by atoms with van der Waals surface area (Å²) in [4.78, 5) is 37.4. The first-order valence-electron chi connectivity index (χ1n) is 8.88. The van der Waals surface area contributed by atoms with E-state index in [2.05, 4.69) is 0 Å². The molecule has 1 aliphatic rings. The van der Waals surface area contributed by atoms with Crippen LogP contribution in [0.1, 0.15) is 25.8 Å². The second-order valence-corrected chi connectivity index (χ2v) is 6.23. The zero-order valence-corrected chi connectivity index (χ0v) is 16.8. The van der Waals surface area contributed by atoms with Crippen molar-refractivity contribution in [3.63, 3.8) is 0 Å². The highest BCUT2D eigenvalue weighted by molar-refractivity contribution is 6.19. The predicted molar refractivity (Wildman–Crippen MR) is 104 cm³/mol. The molecule has 0 unspecified atom stereocenters. The van der Waals surface area contributed by atoms with Gasteiger partial charge in [0.25, 0.3) is 11.8 Å². The topological polar surface area (TPSA) is 106 Å². The lowest BCUT2D eigenvalue weighted by Crippen LogP contribution is -2.43. The zero-order chi connectivity index (χ0) is 21.6. The molecule has 0 radical (unpaired) electrons. The maximum absolute atomic E-state index is 13.0. The average Bonchev–Trinajstić information content (AvgIpc) is 2.70. The number of hydrogen-bond donors (Lipinski definition) is 0.